The molecule has 0 bridgehead atoms. The average molecular weight is 1200 g/mol. The van der Waals surface area contributed by atoms with Gasteiger partial charge in [-0.1, -0.05) is 87.5 Å². The summed E-state index contributed by atoms with van der Waals surface area (Å²) in [6.45, 7) is 16.0. The Kier molecular flexibility index (Phi) is 22.4. The van der Waals surface area contributed by atoms with Crippen molar-refractivity contribution in [1.82, 2.24) is 40.3 Å². The first-order valence-corrected chi connectivity index (χ1v) is 29.4. The van der Waals surface area contributed by atoms with Crippen LogP contribution in [0.2, 0.25) is 5.02 Å². The van der Waals surface area contributed by atoms with Crippen molar-refractivity contribution in [3.63, 3.8) is 0 Å². The number of nitrogens with one attached hydrogen (secondary N) is 2. The molecule has 20 nitrogen and oxygen atoms in total. The topological polar surface area (TPSA) is 231 Å². The third kappa shape index (κ3) is 16.5. The quantitative estimate of drug-likeness (QED) is 0.0306. The van der Waals surface area contributed by atoms with Crippen LogP contribution < -0.4 is 20.3 Å². The number of amides is 4. The lowest BCUT2D eigenvalue weighted by Gasteiger charge is -2.35. The number of aliphatic hydroxyl groups excluding tert-OH is 1. The zero-order valence-corrected chi connectivity index (χ0v) is 49.8. The van der Waals surface area contributed by atoms with Crippen molar-refractivity contribution in [3.8, 4) is 33.3 Å². The molecule has 3 atom stereocenters. The van der Waals surface area contributed by atoms with Crippen LogP contribution in [0.4, 0.5) is 10.2 Å². The fourth-order valence-corrected chi connectivity index (χ4v) is 11.2. The highest BCUT2D eigenvalue weighted by Gasteiger charge is 2.44. The first-order chi connectivity index (χ1) is 40.4. The Morgan fingerprint density at radius 3 is 2.26 bits per heavy atom. The van der Waals surface area contributed by atoms with Gasteiger partial charge in [-0.15, -0.1) is 11.3 Å². The molecule has 8 rings (SSSR count). The van der Waals surface area contributed by atoms with E-state index in [4.69, 9.17) is 40.3 Å². The SMILES string of the molecule is C=CC(=O)N1CCN(c2nc(OCCN(C)CCOCCOCCOCCOCC(=O)N[C@H](C(=O)N3C[C@@H](O)C[C@H]3C(=O)NCCc3ccc(-c4scnc4C)cc3)C(C)(C)C)nc3c(F)c(-c4cc(O)cc5ccccc45)c(Cl)cc23)CC1. The lowest BCUT2D eigenvalue weighted by atomic mass is 9.85. The molecule has 450 valence electrons. The number of ether oxygens (including phenoxy) is 5. The van der Waals surface area contributed by atoms with Gasteiger partial charge in [0.15, 0.2) is 5.82 Å². The smallest absolute Gasteiger partial charge is 0.319 e. The Morgan fingerprint density at radius 1 is 0.905 bits per heavy atom. The van der Waals surface area contributed by atoms with Gasteiger partial charge in [-0.3, -0.25) is 19.2 Å². The first kappa shape index (κ1) is 63.1. The Morgan fingerprint density at radius 2 is 1.58 bits per heavy atom. The summed E-state index contributed by atoms with van der Waals surface area (Å²) >= 11 is 8.47. The van der Waals surface area contributed by atoms with Crippen LogP contribution in [-0.2, 0) is 44.5 Å². The highest BCUT2D eigenvalue weighted by Crippen LogP contribution is 2.43. The number of rotatable bonds is 28. The minimum atomic E-state index is -0.982. The van der Waals surface area contributed by atoms with Crippen molar-refractivity contribution in [1.29, 1.82) is 0 Å². The molecule has 0 saturated carbocycles. The maximum Gasteiger partial charge on any atom is 0.319 e. The average Bonchev–Trinajstić information content (AvgIpc) is 2.48. The van der Waals surface area contributed by atoms with Crippen LogP contribution in [0.25, 0.3) is 43.2 Å². The number of aromatic hydroxyl groups is 1. The second-order valence-electron chi connectivity index (χ2n) is 21.8. The molecule has 0 aliphatic carbocycles. The fraction of sp³-hybridized carbons (Fsp3) is 0.459. The number of thiazole rings is 1. The summed E-state index contributed by atoms with van der Waals surface area (Å²) in [4.78, 5) is 74.6. The van der Waals surface area contributed by atoms with E-state index in [1.807, 2.05) is 98.6 Å². The normalized spacial score (nSPS) is 15.9. The van der Waals surface area contributed by atoms with Crippen molar-refractivity contribution < 1.29 is 57.5 Å². The molecule has 2 aliphatic heterocycles. The van der Waals surface area contributed by atoms with Crippen LogP contribution >= 0.6 is 22.9 Å². The Labute approximate surface area is 497 Å². The number of likely N-dealkylation sites (tertiary alicyclic amines) is 1. The summed E-state index contributed by atoms with van der Waals surface area (Å²) in [7, 11) is 1.92. The number of aliphatic hydroxyl groups is 1. The Hall–Kier alpha value is -6.89. The van der Waals surface area contributed by atoms with E-state index < -0.39 is 41.2 Å². The number of hydrogen-bond donors (Lipinski definition) is 4. The maximum atomic E-state index is 17.0. The highest BCUT2D eigenvalue weighted by molar-refractivity contribution is 7.13. The molecule has 0 radical (unpaired) electrons. The molecule has 84 heavy (non-hydrogen) atoms. The Balaban J connectivity index is 0.706. The van der Waals surface area contributed by atoms with E-state index in [2.05, 4.69) is 27.2 Å². The second-order valence-corrected chi connectivity index (χ2v) is 23.1. The number of hydrogen-bond acceptors (Lipinski definition) is 17. The third-order valence-corrected chi connectivity index (χ3v) is 15.9. The van der Waals surface area contributed by atoms with E-state index >= 15 is 4.39 Å². The minimum absolute atomic E-state index is 0.00359. The van der Waals surface area contributed by atoms with Gasteiger partial charge in [-0.05, 0) is 77.5 Å². The summed E-state index contributed by atoms with van der Waals surface area (Å²) in [6.07, 6.45) is 1.08. The van der Waals surface area contributed by atoms with E-state index in [0.29, 0.717) is 113 Å². The van der Waals surface area contributed by atoms with E-state index in [-0.39, 0.29) is 79.1 Å². The lowest BCUT2D eigenvalue weighted by molar-refractivity contribution is -0.144. The molecule has 4 aromatic carbocycles. The number of aromatic nitrogens is 3. The number of halogens is 2. The molecule has 4 heterocycles. The zero-order chi connectivity index (χ0) is 59.9. The van der Waals surface area contributed by atoms with Crippen molar-refractivity contribution in [2.45, 2.75) is 58.7 Å². The van der Waals surface area contributed by atoms with Gasteiger partial charge in [0.1, 0.15) is 42.4 Å². The van der Waals surface area contributed by atoms with Crippen LogP contribution in [0.5, 0.6) is 11.8 Å². The van der Waals surface area contributed by atoms with Gasteiger partial charge < -0.3 is 64.1 Å². The van der Waals surface area contributed by atoms with Crippen molar-refractivity contribution in [2.75, 3.05) is 124 Å². The summed E-state index contributed by atoms with van der Waals surface area (Å²) in [5.41, 5.74) is 4.72. The van der Waals surface area contributed by atoms with Crippen molar-refractivity contribution in [2.24, 2.45) is 5.41 Å². The fourth-order valence-electron chi connectivity index (χ4n) is 10.1. The molecule has 2 fully saturated rings. The number of piperazine rings is 1. The number of carbonyl (C=O) groups excluding carboxylic acids is 4. The number of β-amino-alcohol motifs (C(OH)–C–C–N with tert-alkyl or cyclic N) is 1. The largest absolute Gasteiger partial charge is 0.508 e. The van der Waals surface area contributed by atoms with E-state index in [9.17, 15) is 29.4 Å². The standard InChI is InChI=1S/C61H75ClFN9O11S/c1-7-51(76)70-18-20-71(21-19-70)57-47-35-48(62)52(46-33-43(73)32-42-10-8-9-11-45(42)46)53(63)54(47)67-60(68-57)83-25-23-69(6)22-24-79-26-27-80-28-29-81-30-31-82-37-50(75)66-56(61(3,4)5)59(78)72-36-44(74)34-49(72)58(77)64-17-16-40-12-14-41(15-13-40)55-39(2)65-38-84-55/h7-15,32-33,35,38,44,49,56,73-74H,1,16-31,34,36-37H2,2-6H3,(H,64,77)(H,66,75)/t44-,49-,56+/m0/s1. The molecule has 4 amide bonds. The van der Waals surface area contributed by atoms with Gasteiger partial charge in [0.05, 0.1) is 73.5 Å². The van der Waals surface area contributed by atoms with Crippen LogP contribution in [0.3, 0.4) is 0 Å². The highest BCUT2D eigenvalue weighted by atomic mass is 35.5. The maximum absolute atomic E-state index is 17.0. The predicted molar refractivity (Wildman–Crippen MR) is 321 cm³/mol. The second kappa shape index (κ2) is 29.8. The number of phenolic OH excluding ortho intramolecular Hbond substituents is 1. The number of likely N-dealkylation sites (N-methyl/N-ethyl adjacent to an activating group) is 1. The van der Waals surface area contributed by atoms with E-state index in [0.717, 1.165) is 21.7 Å². The molecule has 23 heteroatoms. The summed E-state index contributed by atoms with van der Waals surface area (Å²) in [5, 5.41) is 28.9. The van der Waals surface area contributed by atoms with Gasteiger partial charge in [-0.25, -0.2) is 9.37 Å². The van der Waals surface area contributed by atoms with Gasteiger partial charge in [-0.2, -0.15) is 9.97 Å². The number of aryl methyl sites for hydroxylation is 1. The van der Waals surface area contributed by atoms with Gasteiger partial charge in [0.25, 0.3) is 0 Å². The lowest BCUT2D eigenvalue weighted by Crippen LogP contribution is -2.58. The molecule has 0 spiro atoms. The molecule has 2 aromatic heterocycles. The third-order valence-electron chi connectivity index (χ3n) is 14.7. The molecule has 6 aromatic rings. The zero-order valence-electron chi connectivity index (χ0n) is 48.2. The number of fused-ring (bicyclic) bond motifs is 2. The van der Waals surface area contributed by atoms with Crippen molar-refractivity contribution >= 4 is 74.1 Å². The molecular formula is C61H75ClFN9O11S. The Bertz CT molecular complexity index is 3250. The van der Waals surface area contributed by atoms with E-state index in [1.165, 1.54) is 17.0 Å². The summed E-state index contributed by atoms with van der Waals surface area (Å²) in [6, 6.07) is 18.3. The van der Waals surface area contributed by atoms with Gasteiger partial charge in [0, 0.05) is 69.7 Å². The van der Waals surface area contributed by atoms with Crippen molar-refractivity contribution in [3.05, 3.63) is 107 Å². The monoisotopic (exact) mass is 1200 g/mol. The molecule has 4 N–H and O–H groups in total. The summed E-state index contributed by atoms with van der Waals surface area (Å²) < 4.78 is 45.6. The van der Waals surface area contributed by atoms with Crippen LogP contribution in [0, 0.1) is 18.2 Å². The number of benzene rings is 4. The number of nitrogens with zero attached hydrogens (tertiary/aromatic N) is 7. The van der Waals surface area contributed by atoms with Gasteiger partial charge >= 0.3 is 6.01 Å². The molecule has 0 unspecified atom stereocenters. The molecular weight excluding hydrogens is 1120 g/mol. The molecule has 2 aliphatic rings. The summed E-state index contributed by atoms with van der Waals surface area (Å²) in [5.74, 6) is -1.79. The molecule has 2 saturated heterocycles. The van der Waals surface area contributed by atoms with Crippen LogP contribution in [0.15, 0.2) is 84.9 Å². The van der Waals surface area contributed by atoms with E-state index in [1.54, 1.807) is 28.4 Å². The van der Waals surface area contributed by atoms with Crippen LogP contribution in [0.1, 0.15) is 38.4 Å². The number of phenols is 1. The minimum Gasteiger partial charge on any atom is -0.508 e. The predicted octanol–water partition coefficient (Wildman–Crippen LogP) is 6.44. The van der Waals surface area contributed by atoms with Crippen LogP contribution in [-0.4, -0.2) is 201 Å². The number of carbonyl (C=O) groups is 4. The number of anilines is 1. The first-order valence-electron chi connectivity index (χ1n) is 28.2. The van der Waals surface area contributed by atoms with Gasteiger partial charge in [0.2, 0.25) is 23.6 Å².